The molecular formula is C11H23N. The first-order valence-electron chi connectivity index (χ1n) is 5.38. The smallest absolute Gasteiger partial charge is 0.00235 e. The van der Waals surface area contributed by atoms with Gasteiger partial charge in [0.15, 0.2) is 0 Å². The first kappa shape index (κ1) is 10.0. The third kappa shape index (κ3) is 2.78. The van der Waals surface area contributed by atoms with Gasteiger partial charge in [-0.2, -0.15) is 0 Å². The summed E-state index contributed by atoms with van der Waals surface area (Å²) in [5.41, 5.74) is 0. The minimum absolute atomic E-state index is 0.877. The minimum Gasteiger partial charge on any atom is -0.319 e. The van der Waals surface area contributed by atoms with Gasteiger partial charge in [0.05, 0.1) is 0 Å². The van der Waals surface area contributed by atoms with Crippen molar-refractivity contribution in [1.29, 1.82) is 0 Å². The van der Waals surface area contributed by atoms with Gasteiger partial charge in [-0.3, -0.25) is 0 Å². The molecule has 1 rings (SSSR count). The molecule has 12 heavy (non-hydrogen) atoms. The van der Waals surface area contributed by atoms with Gasteiger partial charge >= 0.3 is 0 Å². The van der Waals surface area contributed by atoms with Crippen molar-refractivity contribution in [2.75, 3.05) is 13.6 Å². The summed E-state index contributed by atoms with van der Waals surface area (Å²) in [7, 11) is 2.06. The van der Waals surface area contributed by atoms with Crippen molar-refractivity contribution in [3.8, 4) is 0 Å². The van der Waals surface area contributed by atoms with Crippen LogP contribution in [0.4, 0.5) is 0 Å². The third-order valence-corrected chi connectivity index (χ3v) is 3.39. The van der Waals surface area contributed by atoms with Crippen LogP contribution in [0.5, 0.6) is 0 Å². The standard InChI is InChI=1S/C11H23N/c1-9-4-6-11(7-5-9)10(2)8-12-3/h9-12H,4-8H2,1-3H3/t9-,10-,11+/m0/s1. The minimum atomic E-state index is 0.877. The summed E-state index contributed by atoms with van der Waals surface area (Å²) >= 11 is 0. The Morgan fingerprint density at radius 3 is 2.33 bits per heavy atom. The molecule has 1 aliphatic carbocycles. The Bertz CT molecular complexity index is 114. The van der Waals surface area contributed by atoms with Crippen LogP contribution >= 0.6 is 0 Å². The van der Waals surface area contributed by atoms with Crippen molar-refractivity contribution in [3.05, 3.63) is 0 Å². The highest BCUT2D eigenvalue weighted by Gasteiger charge is 2.22. The van der Waals surface area contributed by atoms with Crippen molar-refractivity contribution in [3.63, 3.8) is 0 Å². The van der Waals surface area contributed by atoms with E-state index in [4.69, 9.17) is 0 Å². The van der Waals surface area contributed by atoms with Crippen LogP contribution in [0.2, 0.25) is 0 Å². The van der Waals surface area contributed by atoms with Gasteiger partial charge in [0.2, 0.25) is 0 Å². The van der Waals surface area contributed by atoms with E-state index in [0.29, 0.717) is 0 Å². The van der Waals surface area contributed by atoms with Crippen molar-refractivity contribution < 1.29 is 0 Å². The molecule has 0 amide bonds. The lowest BCUT2D eigenvalue weighted by molar-refractivity contribution is 0.221. The van der Waals surface area contributed by atoms with Crippen molar-refractivity contribution in [1.82, 2.24) is 5.32 Å². The van der Waals surface area contributed by atoms with Gasteiger partial charge in [-0.25, -0.2) is 0 Å². The Balaban J connectivity index is 2.24. The van der Waals surface area contributed by atoms with E-state index in [-0.39, 0.29) is 0 Å². The number of hydrogen-bond donors (Lipinski definition) is 1. The van der Waals surface area contributed by atoms with Gasteiger partial charge in [0, 0.05) is 0 Å². The van der Waals surface area contributed by atoms with E-state index >= 15 is 0 Å². The third-order valence-electron chi connectivity index (χ3n) is 3.39. The molecule has 1 atom stereocenters. The first-order chi connectivity index (χ1) is 5.74. The van der Waals surface area contributed by atoms with Crippen LogP contribution in [0.15, 0.2) is 0 Å². The molecule has 0 spiro atoms. The van der Waals surface area contributed by atoms with Crippen LogP contribution in [0, 0.1) is 17.8 Å². The van der Waals surface area contributed by atoms with E-state index < -0.39 is 0 Å². The zero-order chi connectivity index (χ0) is 8.97. The highest BCUT2D eigenvalue weighted by Crippen LogP contribution is 2.32. The molecule has 1 nitrogen and oxygen atoms in total. The fourth-order valence-electron chi connectivity index (χ4n) is 2.34. The van der Waals surface area contributed by atoms with E-state index in [2.05, 4.69) is 26.2 Å². The SMILES string of the molecule is CNC[C@H](C)[C@H]1CC[C@@H](C)CC1. The maximum atomic E-state index is 3.28. The van der Waals surface area contributed by atoms with Gasteiger partial charge in [-0.05, 0) is 44.2 Å². The maximum absolute atomic E-state index is 3.28. The highest BCUT2D eigenvalue weighted by molar-refractivity contribution is 4.74. The summed E-state index contributed by atoms with van der Waals surface area (Å²) in [5, 5.41) is 3.28. The largest absolute Gasteiger partial charge is 0.319 e. The lowest BCUT2D eigenvalue weighted by atomic mass is 9.77. The Morgan fingerprint density at radius 1 is 1.25 bits per heavy atom. The molecule has 0 aromatic carbocycles. The molecule has 72 valence electrons. The fourth-order valence-corrected chi connectivity index (χ4v) is 2.34. The molecule has 0 aromatic heterocycles. The average molecular weight is 169 g/mol. The predicted octanol–water partition coefficient (Wildman–Crippen LogP) is 2.67. The van der Waals surface area contributed by atoms with Gasteiger partial charge in [0.25, 0.3) is 0 Å². The van der Waals surface area contributed by atoms with Crippen LogP contribution in [-0.2, 0) is 0 Å². The second-order valence-electron chi connectivity index (χ2n) is 4.55. The van der Waals surface area contributed by atoms with E-state index in [1.54, 1.807) is 0 Å². The summed E-state index contributed by atoms with van der Waals surface area (Å²) in [6.45, 7) is 5.97. The fraction of sp³-hybridized carbons (Fsp3) is 1.00. The van der Waals surface area contributed by atoms with Crippen molar-refractivity contribution in [2.24, 2.45) is 17.8 Å². The Hall–Kier alpha value is -0.0400. The summed E-state index contributed by atoms with van der Waals surface area (Å²) < 4.78 is 0. The zero-order valence-electron chi connectivity index (χ0n) is 8.77. The molecule has 1 heteroatoms. The lowest BCUT2D eigenvalue weighted by Crippen LogP contribution is -2.26. The molecule has 1 aliphatic rings. The summed E-state index contributed by atoms with van der Waals surface area (Å²) in [4.78, 5) is 0. The molecule has 1 fully saturated rings. The second kappa shape index (κ2) is 4.86. The van der Waals surface area contributed by atoms with Crippen LogP contribution in [0.3, 0.4) is 0 Å². The summed E-state index contributed by atoms with van der Waals surface area (Å²) in [6.07, 6.45) is 5.84. The number of rotatable bonds is 3. The van der Waals surface area contributed by atoms with E-state index in [1.807, 2.05) is 0 Å². The van der Waals surface area contributed by atoms with Gasteiger partial charge in [-0.1, -0.05) is 26.7 Å². The van der Waals surface area contributed by atoms with Crippen LogP contribution in [0.25, 0.3) is 0 Å². The summed E-state index contributed by atoms with van der Waals surface area (Å²) in [6, 6.07) is 0. The molecule has 0 radical (unpaired) electrons. The Morgan fingerprint density at radius 2 is 1.83 bits per heavy atom. The van der Waals surface area contributed by atoms with Crippen molar-refractivity contribution >= 4 is 0 Å². The first-order valence-corrected chi connectivity index (χ1v) is 5.38. The topological polar surface area (TPSA) is 12.0 Å². The zero-order valence-corrected chi connectivity index (χ0v) is 8.77. The lowest BCUT2D eigenvalue weighted by Gasteiger charge is -2.30. The second-order valence-corrected chi connectivity index (χ2v) is 4.55. The van der Waals surface area contributed by atoms with Crippen LogP contribution in [-0.4, -0.2) is 13.6 Å². The molecule has 0 unspecified atom stereocenters. The van der Waals surface area contributed by atoms with Gasteiger partial charge in [0.1, 0.15) is 0 Å². The monoisotopic (exact) mass is 169 g/mol. The average Bonchev–Trinajstić information content (AvgIpc) is 2.06. The van der Waals surface area contributed by atoms with Crippen LogP contribution < -0.4 is 5.32 Å². The van der Waals surface area contributed by atoms with E-state index in [9.17, 15) is 0 Å². The van der Waals surface area contributed by atoms with E-state index in [0.717, 1.165) is 17.8 Å². The molecule has 0 heterocycles. The molecule has 1 saturated carbocycles. The number of hydrogen-bond acceptors (Lipinski definition) is 1. The molecule has 0 saturated heterocycles. The molecular weight excluding hydrogens is 146 g/mol. The van der Waals surface area contributed by atoms with Gasteiger partial charge in [-0.15, -0.1) is 0 Å². The Kier molecular flexibility index (Phi) is 4.07. The molecule has 1 N–H and O–H groups in total. The molecule has 0 bridgehead atoms. The van der Waals surface area contributed by atoms with Gasteiger partial charge < -0.3 is 5.32 Å². The summed E-state index contributed by atoms with van der Waals surface area (Å²) in [5.74, 6) is 2.86. The molecule has 0 aliphatic heterocycles. The highest BCUT2D eigenvalue weighted by atomic mass is 14.8. The van der Waals surface area contributed by atoms with Crippen molar-refractivity contribution in [2.45, 2.75) is 39.5 Å². The molecule has 0 aromatic rings. The van der Waals surface area contributed by atoms with Crippen LogP contribution in [0.1, 0.15) is 39.5 Å². The number of nitrogens with one attached hydrogen (secondary N) is 1. The predicted molar refractivity (Wildman–Crippen MR) is 54.2 cm³/mol. The normalized spacial score (nSPS) is 33.2. The van der Waals surface area contributed by atoms with E-state index in [1.165, 1.54) is 32.2 Å². The Labute approximate surface area is 76.9 Å². The maximum Gasteiger partial charge on any atom is -0.00235 e. The quantitative estimate of drug-likeness (QED) is 0.685.